The molecule has 0 aromatic carbocycles. The van der Waals surface area contributed by atoms with E-state index in [2.05, 4.69) is 26.0 Å². The van der Waals surface area contributed by atoms with Crippen LogP contribution in [0.1, 0.15) is 0 Å². The van der Waals surface area contributed by atoms with Crippen LogP contribution in [0.25, 0.3) is 17.2 Å². The number of halogens is 1. The summed E-state index contributed by atoms with van der Waals surface area (Å²) in [6, 6.07) is 6.80. The van der Waals surface area contributed by atoms with E-state index in [4.69, 9.17) is 4.42 Å². The predicted molar refractivity (Wildman–Crippen MR) is 60.1 cm³/mol. The Labute approximate surface area is 98.5 Å². The summed E-state index contributed by atoms with van der Waals surface area (Å²) < 4.78 is 7.48. The first-order chi connectivity index (χ1) is 7.72. The zero-order chi connectivity index (χ0) is 11.1. The molecule has 3 aromatic heterocycles. The lowest BCUT2D eigenvalue weighted by Crippen LogP contribution is -1.85. The molecule has 0 aliphatic heterocycles. The molecule has 0 spiro atoms. The van der Waals surface area contributed by atoms with Gasteiger partial charge >= 0.3 is 0 Å². The molecule has 3 heterocycles. The van der Waals surface area contributed by atoms with Crippen LogP contribution in [0.15, 0.2) is 39.5 Å². The first kappa shape index (κ1) is 9.41. The van der Waals surface area contributed by atoms with Crippen LogP contribution in [0.3, 0.4) is 0 Å². The molecule has 0 amide bonds. The highest BCUT2D eigenvalue weighted by molar-refractivity contribution is 9.10. The summed E-state index contributed by atoms with van der Waals surface area (Å²) in [7, 11) is 0. The van der Waals surface area contributed by atoms with E-state index in [-0.39, 0.29) is 5.75 Å². The number of rotatable bonds is 1. The van der Waals surface area contributed by atoms with Gasteiger partial charge < -0.3 is 9.52 Å². The quantitative estimate of drug-likeness (QED) is 0.743. The molecule has 0 radical (unpaired) electrons. The molecule has 0 unspecified atom stereocenters. The Balaban J connectivity index is 2.18. The first-order valence-corrected chi connectivity index (χ1v) is 5.33. The van der Waals surface area contributed by atoms with Gasteiger partial charge in [0.05, 0.1) is 6.20 Å². The third kappa shape index (κ3) is 1.47. The summed E-state index contributed by atoms with van der Waals surface area (Å²) in [6.45, 7) is 0. The molecule has 0 saturated carbocycles. The van der Waals surface area contributed by atoms with E-state index in [1.807, 2.05) is 0 Å². The van der Waals surface area contributed by atoms with Gasteiger partial charge in [0, 0.05) is 0 Å². The highest BCUT2D eigenvalue weighted by Gasteiger charge is 2.10. The maximum absolute atomic E-state index is 9.29. The maximum Gasteiger partial charge on any atom is 0.217 e. The Morgan fingerprint density at radius 1 is 1.25 bits per heavy atom. The van der Waals surface area contributed by atoms with Gasteiger partial charge in [-0.3, -0.25) is 0 Å². The van der Waals surface area contributed by atoms with E-state index in [1.165, 1.54) is 10.7 Å². The number of aromatic nitrogens is 3. The Hall–Kier alpha value is -1.82. The summed E-state index contributed by atoms with van der Waals surface area (Å²) in [4.78, 5) is 4.26. The van der Waals surface area contributed by atoms with Crippen LogP contribution in [0.5, 0.6) is 5.75 Å². The molecule has 0 bridgehead atoms. The fourth-order valence-corrected chi connectivity index (χ4v) is 1.72. The third-order valence-corrected chi connectivity index (χ3v) is 2.54. The largest absolute Gasteiger partial charge is 0.506 e. The molecule has 0 saturated heterocycles. The molecule has 0 aliphatic carbocycles. The standard InChI is InChI=1S/C10H6BrN3O2/c11-8-3-2-7(16-8)10-12-9-4-1-6(15)5-14(9)13-10/h1-5,15H. The molecule has 0 fully saturated rings. The number of fused-ring (bicyclic) bond motifs is 1. The van der Waals surface area contributed by atoms with Crippen molar-refractivity contribution < 1.29 is 9.52 Å². The smallest absolute Gasteiger partial charge is 0.217 e. The maximum atomic E-state index is 9.29. The van der Waals surface area contributed by atoms with Crippen molar-refractivity contribution in [2.45, 2.75) is 0 Å². The van der Waals surface area contributed by atoms with Crippen LogP contribution in [-0.2, 0) is 0 Å². The molecule has 3 rings (SSSR count). The molecule has 6 heteroatoms. The van der Waals surface area contributed by atoms with Crippen LogP contribution in [0, 0.1) is 0 Å². The lowest BCUT2D eigenvalue weighted by atomic mass is 10.4. The second kappa shape index (κ2) is 3.34. The highest BCUT2D eigenvalue weighted by atomic mass is 79.9. The first-order valence-electron chi connectivity index (χ1n) is 4.53. The minimum Gasteiger partial charge on any atom is -0.506 e. The fraction of sp³-hybridized carbons (Fsp3) is 0. The third-order valence-electron chi connectivity index (χ3n) is 2.11. The van der Waals surface area contributed by atoms with Gasteiger partial charge in [-0.05, 0) is 40.2 Å². The molecular weight excluding hydrogens is 274 g/mol. The minimum atomic E-state index is 0.143. The van der Waals surface area contributed by atoms with Crippen molar-refractivity contribution in [2.75, 3.05) is 0 Å². The lowest BCUT2D eigenvalue weighted by Gasteiger charge is -1.90. The zero-order valence-corrected chi connectivity index (χ0v) is 9.55. The molecule has 0 aliphatic rings. The summed E-state index contributed by atoms with van der Waals surface area (Å²) in [5.74, 6) is 1.20. The van der Waals surface area contributed by atoms with Crippen LogP contribution in [-0.4, -0.2) is 19.7 Å². The number of nitrogens with zero attached hydrogens (tertiary/aromatic N) is 3. The average molecular weight is 280 g/mol. The summed E-state index contributed by atoms with van der Waals surface area (Å²) in [5, 5.41) is 13.5. The topological polar surface area (TPSA) is 63.6 Å². The molecular formula is C10H6BrN3O2. The second-order valence-corrected chi connectivity index (χ2v) is 4.01. The molecule has 0 atom stereocenters. The van der Waals surface area contributed by atoms with Crippen molar-refractivity contribution in [1.29, 1.82) is 0 Å². The van der Waals surface area contributed by atoms with Crippen molar-refractivity contribution in [3.63, 3.8) is 0 Å². The number of hydrogen-bond acceptors (Lipinski definition) is 4. The van der Waals surface area contributed by atoms with Crippen LogP contribution < -0.4 is 0 Å². The van der Waals surface area contributed by atoms with Gasteiger partial charge in [-0.25, -0.2) is 9.50 Å². The Morgan fingerprint density at radius 3 is 2.88 bits per heavy atom. The van der Waals surface area contributed by atoms with Gasteiger partial charge in [-0.2, -0.15) is 0 Å². The van der Waals surface area contributed by atoms with Gasteiger partial charge in [0.25, 0.3) is 0 Å². The number of furan rings is 1. The molecule has 16 heavy (non-hydrogen) atoms. The van der Waals surface area contributed by atoms with E-state index in [1.54, 1.807) is 24.3 Å². The highest BCUT2D eigenvalue weighted by Crippen LogP contribution is 2.23. The van der Waals surface area contributed by atoms with Gasteiger partial charge in [0.2, 0.25) is 5.82 Å². The van der Waals surface area contributed by atoms with E-state index in [0.717, 1.165) is 0 Å². The van der Waals surface area contributed by atoms with Gasteiger partial charge in [0.1, 0.15) is 5.75 Å². The van der Waals surface area contributed by atoms with Crippen LogP contribution >= 0.6 is 15.9 Å². The molecule has 80 valence electrons. The summed E-state index contributed by atoms with van der Waals surface area (Å²) >= 11 is 3.22. The predicted octanol–water partition coefficient (Wildman–Crippen LogP) is 2.46. The Bertz CT molecular complexity index is 659. The van der Waals surface area contributed by atoms with Gasteiger partial charge in [-0.1, -0.05) is 0 Å². The van der Waals surface area contributed by atoms with Gasteiger partial charge in [0.15, 0.2) is 16.1 Å². The van der Waals surface area contributed by atoms with Crippen molar-refractivity contribution >= 4 is 21.6 Å². The lowest BCUT2D eigenvalue weighted by molar-refractivity contribution is 0.470. The Kier molecular flexibility index (Phi) is 1.97. The van der Waals surface area contributed by atoms with Crippen LogP contribution in [0.4, 0.5) is 0 Å². The number of aromatic hydroxyl groups is 1. The van der Waals surface area contributed by atoms with E-state index < -0.39 is 0 Å². The normalized spacial score (nSPS) is 11.1. The number of pyridine rings is 1. The molecule has 1 N–H and O–H groups in total. The van der Waals surface area contributed by atoms with Crippen molar-refractivity contribution in [3.8, 4) is 17.3 Å². The summed E-state index contributed by atoms with van der Waals surface area (Å²) in [5.41, 5.74) is 0.653. The van der Waals surface area contributed by atoms with Crippen molar-refractivity contribution in [1.82, 2.24) is 14.6 Å². The minimum absolute atomic E-state index is 0.143. The second-order valence-electron chi connectivity index (χ2n) is 3.23. The van der Waals surface area contributed by atoms with Crippen molar-refractivity contribution in [3.05, 3.63) is 35.1 Å². The average Bonchev–Trinajstić information content (AvgIpc) is 2.83. The monoisotopic (exact) mass is 279 g/mol. The fourth-order valence-electron chi connectivity index (χ4n) is 1.41. The van der Waals surface area contributed by atoms with Crippen molar-refractivity contribution in [2.24, 2.45) is 0 Å². The number of hydrogen-bond donors (Lipinski definition) is 1. The Morgan fingerprint density at radius 2 is 2.12 bits per heavy atom. The SMILES string of the molecule is Oc1ccc2nc(-c3ccc(Br)o3)nn2c1. The molecule has 3 aromatic rings. The molecule has 5 nitrogen and oxygen atoms in total. The summed E-state index contributed by atoms with van der Waals surface area (Å²) in [6.07, 6.45) is 1.49. The zero-order valence-electron chi connectivity index (χ0n) is 7.96. The van der Waals surface area contributed by atoms with Gasteiger partial charge in [-0.15, -0.1) is 5.10 Å². The van der Waals surface area contributed by atoms with E-state index in [0.29, 0.717) is 21.9 Å². The van der Waals surface area contributed by atoms with E-state index in [9.17, 15) is 5.11 Å². The van der Waals surface area contributed by atoms with Crippen LogP contribution in [0.2, 0.25) is 0 Å². The van der Waals surface area contributed by atoms with E-state index >= 15 is 0 Å².